The largest absolute Gasteiger partial charge is 0.496 e. The summed E-state index contributed by atoms with van der Waals surface area (Å²) in [6.07, 6.45) is 1.35. The second-order valence-electron chi connectivity index (χ2n) is 4.29. The van der Waals surface area contributed by atoms with E-state index in [0.717, 1.165) is 0 Å². The standard InChI is InChI=1S/C14H18N6O2/c1-3-16-12-11(15)13(18-8-17-12)19-20-14(21)9-6-4-5-7-10(9)22-2/h4-8H,3,15H2,1-2H3,(H,20,21)(H2,16,17,18,19). The summed E-state index contributed by atoms with van der Waals surface area (Å²) in [5.41, 5.74) is 11.9. The number of para-hydroxylation sites is 1. The monoisotopic (exact) mass is 302 g/mol. The number of nitrogens with zero attached hydrogens (tertiary/aromatic N) is 2. The molecule has 8 heteroatoms. The molecule has 0 bridgehead atoms. The van der Waals surface area contributed by atoms with Crippen LogP contribution < -0.4 is 26.6 Å². The van der Waals surface area contributed by atoms with E-state index in [4.69, 9.17) is 10.5 Å². The van der Waals surface area contributed by atoms with E-state index in [-0.39, 0.29) is 5.91 Å². The highest BCUT2D eigenvalue weighted by Gasteiger charge is 2.12. The molecule has 0 saturated carbocycles. The number of nitrogens with two attached hydrogens (primary N) is 1. The first-order valence-electron chi connectivity index (χ1n) is 6.71. The van der Waals surface area contributed by atoms with Crippen molar-refractivity contribution in [3.05, 3.63) is 36.2 Å². The van der Waals surface area contributed by atoms with Gasteiger partial charge in [-0.15, -0.1) is 0 Å². The van der Waals surface area contributed by atoms with Crippen molar-refractivity contribution in [2.45, 2.75) is 6.92 Å². The maximum Gasteiger partial charge on any atom is 0.273 e. The molecule has 0 saturated heterocycles. The number of hydrogen-bond donors (Lipinski definition) is 4. The number of aromatic nitrogens is 2. The molecule has 0 aliphatic rings. The molecule has 1 aromatic heterocycles. The number of nitrogen functional groups attached to an aromatic ring is 1. The second kappa shape index (κ2) is 7.11. The minimum absolute atomic E-state index is 0.314. The van der Waals surface area contributed by atoms with Crippen LogP contribution in [0.4, 0.5) is 17.3 Å². The van der Waals surface area contributed by atoms with E-state index in [1.165, 1.54) is 13.4 Å². The maximum atomic E-state index is 12.2. The number of hydrogen-bond acceptors (Lipinski definition) is 7. The number of ether oxygens (including phenoxy) is 1. The van der Waals surface area contributed by atoms with Crippen LogP contribution in [0.3, 0.4) is 0 Å². The Bertz CT molecular complexity index is 662. The van der Waals surface area contributed by atoms with Crippen molar-refractivity contribution >= 4 is 23.2 Å². The van der Waals surface area contributed by atoms with Gasteiger partial charge in [-0.2, -0.15) is 0 Å². The van der Waals surface area contributed by atoms with Crippen molar-refractivity contribution in [1.82, 2.24) is 15.4 Å². The minimum atomic E-state index is -0.361. The fourth-order valence-corrected chi connectivity index (χ4v) is 1.82. The topological polar surface area (TPSA) is 114 Å². The van der Waals surface area contributed by atoms with Crippen molar-refractivity contribution in [2.75, 3.05) is 30.1 Å². The van der Waals surface area contributed by atoms with Gasteiger partial charge in [-0.3, -0.25) is 15.6 Å². The molecular formula is C14H18N6O2. The smallest absolute Gasteiger partial charge is 0.273 e. The molecule has 0 spiro atoms. The van der Waals surface area contributed by atoms with Gasteiger partial charge in [0, 0.05) is 6.54 Å². The van der Waals surface area contributed by atoms with E-state index in [1.54, 1.807) is 24.3 Å². The fourth-order valence-electron chi connectivity index (χ4n) is 1.82. The number of hydrazine groups is 1. The van der Waals surface area contributed by atoms with Gasteiger partial charge in [-0.25, -0.2) is 9.97 Å². The Hall–Kier alpha value is -3.03. The van der Waals surface area contributed by atoms with Crippen molar-refractivity contribution in [1.29, 1.82) is 0 Å². The van der Waals surface area contributed by atoms with Gasteiger partial charge in [-0.1, -0.05) is 12.1 Å². The van der Waals surface area contributed by atoms with Crippen molar-refractivity contribution in [2.24, 2.45) is 0 Å². The van der Waals surface area contributed by atoms with Crippen LogP contribution in [0.15, 0.2) is 30.6 Å². The van der Waals surface area contributed by atoms with Crippen LogP contribution in [0.1, 0.15) is 17.3 Å². The summed E-state index contributed by atoms with van der Waals surface area (Å²) in [6, 6.07) is 6.90. The molecule has 1 heterocycles. The number of anilines is 3. The summed E-state index contributed by atoms with van der Waals surface area (Å²) in [5, 5.41) is 3.00. The van der Waals surface area contributed by atoms with Gasteiger partial charge in [0.05, 0.1) is 12.7 Å². The summed E-state index contributed by atoms with van der Waals surface area (Å²) in [6.45, 7) is 2.60. The third-order valence-electron chi connectivity index (χ3n) is 2.87. The molecule has 0 atom stereocenters. The number of amides is 1. The Morgan fingerprint density at radius 1 is 1.27 bits per heavy atom. The summed E-state index contributed by atoms with van der Waals surface area (Å²) >= 11 is 0. The molecule has 0 radical (unpaired) electrons. The van der Waals surface area contributed by atoms with E-state index >= 15 is 0 Å². The lowest BCUT2D eigenvalue weighted by Gasteiger charge is -2.13. The van der Waals surface area contributed by atoms with Gasteiger partial charge in [0.15, 0.2) is 11.6 Å². The molecule has 116 valence electrons. The van der Waals surface area contributed by atoms with Gasteiger partial charge in [0.25, 0.3) is 5.91 Å². The molecule has 0 fully saturated rings. The van der Waals surface area contributed by atoms with E-state index in [9.17, 15) is 4.79 Å². The molecular weight excluding hydrogens is 284 g/mol. The lowest BCUT2D eigenvalue weighted by atomic mass is 10.2. The predicted molar refractivity (Wildman–Crippen MR) is 84.7 cm³/mol. The lowest BCUT2D eigenvalue weighted by Crippen LogP contribution is -2.30. The Morgan fingerprint density at radius 2 is 2.00 bits per heavy atom. The number of benzene rings is 1. The summed E-state index contributed by atoms with van der Waals surface area (Å²) in [7, 11) is 1.50. The molecule has 0 unspecified atom stereocenters. The Morgan fingerprint density at radius 3 is 2.73 bits per heavy atom. The second-order valence-corrected chi connectivity index (χ2v) is 4.29. The summed E-state index contributed by atoms with van der Waals surface area (Å²) in [5.74, 6) is 0.937. The van der Waals surface area contributed by atoms with E-state index in [2.05, 4.69) is 26.1 Å². The number of carbonyl (C=O) groups is 1. The first-order valence-corrected chi connectivity index (χ1v) is 6.71. The van der Waals surface area contributed by atoms with Crippen LogP contribution >= 0.6 is 0 Å². The number of nitrogens with one attached hydrogen (secondary N) is 3. The third kappa shape index (κ3) is 3.35. The molecule has 22 heavy (non-hydrogen) atoms. The molecule has 5 N–H and O–H groups in total. The predicted octanol–water partition coefficient (Wildman–Crippen LogP) is 1.26. The average molecular weight is 302 g/mol. The SMILES string of the molecule is CCNc1ncnc(NNC(=O)c2ccccc2OC)c1N. The van der Waals surface area contributed by atoms with Crippen molar-refractivity contribution in [3.63, 3.8) is 0 Å². The zero-order valence-corrected chi connectivity index (χ0v) is 12.4. The summed E-state index contributed by atoms with van der Waals surface area (Å²) < 4.78 is 5.14. The number of carbonyl (C=O) groups excluding carboxylic acids is 1. The Labute approximate surface area is 128 Å². The fraction of sp³-hybridized carbons (Fsp3) is 0.214. The normalized spacial score (nSPS) is 9.91. The van der Waals surface area contributed by atoms with E-state index < -0.39 is 0 Å². The first-order chi connectivity index (χ1) is 10.7. The van der Waals surface area contributed by atoms with Crippen LogP contribution in [-0.4, -0.2) is 29.5 Å². The first kappa shape index (κ1) is 15.4. The van der Waals surface area contributed by atoms with E-state index in [0.29, 0.717) is 35.2 Å². The highest BCUT2D eigenvalue weighted by atomic mass is 16.5. The molecule has 0 aliphatic heterocycles. The van der Waals surface area contributed by atoms with Gasteiger partial charge >= 0.3 is 0 Å². The zero-order valence-electron chi connectivity index (χ0n) is 12.4. The molecule has 2 rings (SSSR count). The molecule has 0 aliphatic carbocycles. The lowest BCUT2D eigenvalue weighted by molar-refractivity contribution is 0.0959. The highest BCUT2D eigenvalue weighted by molar-refractivity contribution is 5.97. The van der Waals surface area contributed by atoms with Crippen LogP contribution in [-0.2, 0) is 0 Å². The van der Waals surface area contributed by atoms with Gasteiger partial charge in [0.1, 0.15) is 17.8 Å². The van der Waals surface area contributed by atoms with Crippen molar-refractivity contribution < 1.29 is 9.53 Å². The van der Waals surface area contributed by atoms with Gasteiger partial charge in [0.2, 0.25) is 0 Å². The Balaban J connectivity index is 2.10. The number of methoxy groups -OCH3 is 1. The van der Waals surface area contributed by atoms with Crippen LogP contribution in [0, 0.1) is 0 Å². The van der Waals surface area contributed by atoms with Crippen LogP contribution in [0.25, 0.3) is 0 Å². The average Bonchev–Trinajstić information content (AvgIpc) is 2.55. The Kier molecular flexibility index (Phi) is 4.97. The zero-order chi connectivity index (χ0) is 15.9. The minimum Gasteiger partial charge on any atom is -0.496 e. The third-order valence-corrected chi connectivity index (χ3v) is 2.87. The van der Waals surface area contributed by atoms with Crippen LogP contribution in [0.5, 0.6) is 5.75 Å². The van der Waals surface area contributed by atoms with Gasteiger partial charge < -0.3 is 15.8 Å². The molecule has 1 aromatic carbocycles. The van der Waals surface area contributed by atoms with E-state index in [1.807, 2.05) is 6.92 Å². The molecule has 8 nitrogen and oxygen atoms in total. The highest BCUT2D eigenvalue weighted by Crippen LogP contribution is 2.22. The molecule has 1 amide bonds. The maximum absolute atomic E-state index is 12.2. The summed E-state index contributed by atoms with van der Waals surface area (Å²) in [4.78, 5) is 20.2. The van der Waals surface area contributed by atoms with Crippen LogP contribution in [0.2, 0.25) is 0 Å². The molecule has 2 aromatic rings. The quantitative estimate of drug-likeness (QED) is 0.594. The van der Waals surface area contributed by atoms with Crippen molar-refractivity contribution in [3.8, 4) is 5.75 Å². The van der Waals surface area contributed by atoms with Gasteiger partial charge in [-0.05, 0) is 19.1 Å². The number of rotatable bonds is 6.